The Balaban J connectivity index is 1.75. The largest absolute Gasteiger partial charge is 0.490 e. The van der Waals surface area contributed by atoms with Crippen LogP contribution in [0.15, 0.2) is 40.9 Å². The number of hydrogen-bond acceptors (Lipinski definition) is 1. The van der Waals surface area contributed by atoms with Crippen molar-refractivity contribution in [1.82, 2.24) is 0 Å². The first-order chi connectivity index (χ1) is 9.61. The third-order valence-corrected chi connectivity index (χ3v) is 4.30. The van der Waals surface area contributed by atoms with Crippen LogP contribution >= 0.6 is 15.9 Å². The lowest BCUT2D eigenvalue weighted by atomic mass is 9.96. The predicted octanol–water partition coefficient (Wildman–Crippen LogP) is 4.83. The van der Waals surface area contributed by atoms with Gasteiger partial charge in [-0.15, -0.1) is 0 Å². The molecule has 2 aromatic carbocycles. The molecule has 0 aromatic heterocycles. The molecule has 0 N–H and O–H groups in total. The van der Waals surface area contributed by atoms with Crippen LogP contribution < -0.4 is 4.74 Å². The van der Waals surface area contributed by atoms with Gasteiger partial charge in [0.2, 0.25) is 0 Å². The first kappa shape index (κ1) is 13.6. The highest BCUT2D eigenvalue weighted by Crippen LogP contribution is 2.31. The Kier molecular flexibility index (Phi) is 3.79. The van der Waals surface area contributed by atoms with Gasteiger partial charge in [0.15, 0.2) is 0 Å². The normalized spacial score (nSPS) is 17.4. The third kappa shape index (κ3) is 2.88. The Hall–Kier alpha value is -1.35. The smallest absolute Gasteiger partial charge is 0.123 e. The average molecular weight is 335 g/mol. The first-order valence-electron chi connectivity index (χ1n) is 6.82. The zero-order valence-corrected chi connectivity index (χ0v) is 12.9. The van der Waals surface area contributed by atoms with Gasteiger partial charge in [0.1, 0.15) is 17.7 Å². The molecule has 3 rings (SSSR count). The minimum absolute atomic E-state index is 0.174. The van der Waals surface area contributed by atoms with Crippen molar-refractivity contribution in [3.8, 4) is 5.75 Å². The highest BCUT2D eigenvalue weighted by atomic mass is 79.9. The summed E-state index contributed by atoms with van der Waals surface area (Å²) in [4.78, 5) is 0. The molecule has 0 bridgehead atoms. The first-order valence-corrected chi connectivity index (χ1v) is 7.61. The number of fused-ring (bicyclic) bond motifs is 1. The minimum atomic E-state index is -0.175. The van der Waals surface area contributed by atoms with Crippen LogP contribution in [0.5, 0.6) is 5.75 Å². The summed E-state index contributed by atoms with van der Waals surface area (Å²) >= 11 is 3.48. The number of hydrogen-bond donors (Lipinski definition) is 0. The van der Waals surface area contributed by atoms with E-state index in [-0.39, 0.29) is 11.9 Å². The molecule has 0 saturated heterocycles. The van der Waals surface area contributed by atoms with Gasteiger partial charge >= 0.3 is 0 Å². The minimum Gasteiger partial charge on any atom is -0.490 e. The standard InChI is InChI=1S/C17H16BrFO/c1-11-8-15(19)5-2-12(11)10-16-6-3-13-9-14(18)4-7-17(13)20-16/h2,4-5,7-9,16H,3,6,10H2,1H3/t16-/m0/s1. The summed E-state index contributed by atoms with van der Waals surface area (Å²) in [6.07, 6.45) is 3.04. The molecule has 0 amide bonds. The summed E-state index contributed by atoms with van der Waals surface area (Å²) in [6, 6.07) is 11.1. The second-order valence-electron chi connectivity index (χ2n) is 5.31. The lowest BCUT2D eigenvalue weighted by molar-refractivity contribution is 0.173. The van der Waals surface area contributed by atoms with Crippen LogP contribution in [-0.4, -0.2) is 6.10 Å². The molecule has 1 nitrogen and oxygen atoms in total. The van der Waals surface area contributed by atoms with Gasteiger partial charge in [-0.1, -0.05) is 22.0 Å². The molecule has 0 radical (unpaired) electrons. The lowest BCUT2D eigenvalue weighted by Crippen LogP contribution is -2.25. The molecular formula is C17H16BrFO. The Bertz CT molecular complexity index is 639. The second-order valence-corrected chi connectivity index (χ2v) is 6.22. The molecule has 0 saturated carbocycles. The Labute approximate surface area is 126 Å². The van der Waals surface area contributed by atoms with Crippen LogP contribution in [0.25, 0.3) is 0 Å². The molecule has 0 fully saturated rings. The molecule has 3 heteroatoms. The SMILES string of the molecule is Cc1cc(F)ccc1C[C@@H]1CCc2cc(Br)ccc2O1. The van der Waals surface area contributed by atoms with Gasteiger partial charge in [0.25, 0.3) is 0 Å². The van der Waals surface area contributed by atoms with E-state index in [4.69, 9.17) is 4.74 Å². The van der Waals surface area contributed by atoms with Crippen molar-refractivity contribution in [1.29, 1.82) is 0 Å². The monoisotopic (exact) mass is 334 g/mol. The van der Waals surface area contributed by atoms with Gasteiger partial charge in [0.05, 0.1) is 0 Å². The van der Waals surface area contributed by atoms with E-state index < -0.39 is 0 Å². The molecule has 1 heterocycles. The van der Waals surface area contributed by atoms with Crippen molar-refractivity contribution in [3.05, 3.63) is 63.4 Å². The van der Waals surface area contributed by atoms with E-state index in [1.54, 1.807) is 6.07 Å². The summed E-state index contributed by atoms with van der Waals surface area (Å²) in [6.45, 7) is 1.95. The number of ether oxygens (including phenoxy) is 1. The fourth-order valence-corrected chi connectivity index (χ4v) is 3.10. The zero-order chi connectivity index (χ0) is 14.1. The van der Waals surface area contributed by atoms with Crippen LogP contribution in [0.3, 0.4) is 0 Å². The van der Waals surface area contributed by atoms with Crippen molar-refractivity contribution in [2.24, 2.45) is 0 Å². The van der Waals surface area contributed by atoms with Gasteiger partial charge in [-0.2, -0.15) is 0 Å². The predicted molar refractivity (Wildman–Crippen MR) is 81.7 cm³/mol. The van der Waals surface area contributed by atoms with E-state index >= 15 is 0 Å². The van der Waals surface area contributed by atoms with E-state index in [1.165, 1.54) is 11.6 Å². The van der Waals surface area contributed by atoms with E-state index in [9.17, 15) is 4.39 Å². The Morgan fingerprint density at radius 1 is 1.25 bits per heavy atom. The fraction of sp³-hybridized carbons (Fsp3) is 0.294. The van der Waals surface area contributed by atoms with Gasteiger partial charge in [-0.3, -0.25) is 0 Å². The van der Waals surface area contributed by atoms with Crippen LogP contribution in [0.2, 0.25) is 0 Å². The maximum absolute atomic E-state index is 13.1. The van der Waals surface area contributed by atoms with E-state index in [1.807, 2.05) is 25.1 Å². The Morgan fingerprint density at radius 3 is 2.90 bits per heavy atom. The van der Waals surface area contributed by atoms with E-state index in [0.29, 0.717) is 0 Å². The molecule has 1 aliphatic heterocycles. The third-order valence-electron chi connectivity index (χ3n) is 3.80. The van der Waals surface area contributed by atoms with Gasteiger partial charge in [-0.25, -0.2) is 4.39 Å². The molecule has 1 aliphatic rings. The average Bonchev–Trinajstić information content (AvgIpc) is 2.42. The molecule has 20 heavy (non-hydrogen) atoms. The van der Waals surface area contributed by atoms with Crippen molar-refractivity contribution < 1.29 is 9.13 Å². The van der Waals surface area contributed by atoms with E-state index in [0.717, 1.165) is 40.6 Å². The number of aryl methyl sites for hydroxylation is 2. The van der Waals surface area contributed by atoms with Crippen LogP contribution in [0, 0.1) is 12.7 Å². The number of rotatable bonds is 2. The van der Waals surface area contributed by atoms with Crippen molar-refractivity contribution >= 4 is 15.9 Å². The molecule has 2 aromatic rings. The van der Waals surface area contributed by atoms with Crippen LogP contribution in [0.4, 0.5) is 4.39 Å². The summed E-state index contributed by atoms with van der Waals surface area (Å²) in [5.41, 5.74) is 3.42. The molecule has 0 aliphatic carbocycles. The molecule has 0 spiro atoms. The highest BCUT2D eigenvalue weighted by molar-refractivity contribution is 9.10. The summed E-state index contributed by atoms with van der Waals surface area (Å²) < 4.78 is 20.3. The lowest BCUT2D eigenvalue weighted by Gasteiger charge is -2.26. The van der Waals surface area contributed by atoms with Crippen LogP contribution in [-0.2, 0) is 12.8 Å². The van der Waals surface area contributed by atoms with Crippen molar-refractivity contribution in [3.63, 3.8) is 0 Å². The number of benzene rings is 2. The Morgan fingerprint density at radius 2 is 2.10 bits per heavy atom. The van der Waals surface area contributed by atoms with Gasteiger partial charge in [0, 0.05) is 10.9 Å². The molecular weight excluding hydrogens is 319 g/mol. The molecule has 1 atom stereocenters. The summed E-state index contributed by atoms with van der Waals surface area (Å²) in [5, 5.41) is 0. The zero-order valence-electron chi connectivity index (χ0n) is 11.3. The summed E-state index contributed by atoms with van der Waals surface area (Å²) in [5.74, 6) is 0.801. The molecule has 0 unspecified atom stereocenters. The number of halogens is 2. The highest BCUT2D eigenvalue weighted by Gasteiger charge is 2.20. The van der Waals surface area contributed by atoms with Crippen LogP contribution in [0.1, 0.15) is 23.1 Å². The van der Waals surface area contributed by atoms with Crippen molar-refractivity contribution in [2.45, 2.75) is 32.3 Å². The maximum atomic E-state index is 13.1. The molecule has 104 valence electrons. The van der Waals surface area contributed by atoms with Gasteiger partial charge < -0.3 is 4.74 Å². The van der Waals surface area contributed by atoms with Gasteiger partial charge in [-0.05, 0) is 66.8 Å². The summed E-state index contributed by atoms with van der Waals surface area (Å²) in [7, 11) is 0. The quantitative estimate of drug-likeness (QED) is 0.764. The fourth-order valence-electron chi connectivity index (χ4n) is 2.69. The topological polar surface area (TPSA) is 9.23 Å². The van der Waals surface area contributed by atoms with Crippen molar-refractivity contribution in [2.75, 3.05) is 0 Å². The van der Waals surface area contributed by atoms with E-state index in [2.05, 4.69) is 22.0 Å². The maximum Gasteiger partial charge on any atom is 0.123 e. The second kappa shape index (κ2) is 5.57.